The minimum Gasteiger partial charge on any atom is -0.491 e. The molecule has 0 saturated carbocycles. The van der Waals surface area contributed by atoms with Crippen LogP contribution in [0.1, 0.15) is 17.2 Å². The minimum absolute atomic E-state index is 0.0201. The number of aliphatic hydroxyl groups is 1. The largest absolute Gasteiger partial charge is 0.491 e. The lowest BCUT2D eigenvalue weighted by Gasteiger charge is -2.27. The summed E-state index contributed by atoms with van der Waals surface area (Å²) in [5, 5.41) is 20.9. The van der Waals surface area contributed by atoms with Gasteiger partial charge < -0.3 is 19.3 Å². The lowest BCUT2D eigenvalue weighted by atomic mass is 10.0. The van der Waals surface area contributed by atoms with E-state index in [0.29, 0.717) is 22.7 Å². The number of para-hydroxylation sites is 2. The van der Waals surface area contributed by atoms with Crippen LogP contribution in [-0.2, 0) is 9.53 Å². The average Bonchev–Trinajstić information content (AvgIpc) is 2.90. The number of hydroxylamine groups is 1. The number of hydrogen-bond acceptors (Lipinski definition) is 7. The van der Waals surface area contributed by atoms with Gasteiger partial charge in [0.2, 0.25) is 0 Å². The maximum atomic E-state index is 12.9. The van der Waals surface area contributed by atoms with E-state index in [1.54, 1.807) is 60.7 Å². The molecule has 0 aliphatic carbocycles. The average molecular weight is 493 g/mol. The van der Waals surface area contributed by atoms with Crippen LogP contribution in [-0.4, -0.2) is 41.6 Å². The van der Waals surface area contributed by atoms with Gasteiger partial charge in [0.25, 0.3) is 5.91 Å². The fourth-order valence-electron chi connectivity index (χ4n) is 3.29. The normalized spacial score (nSPS) is 12.4. The molecule has 0 saturated heterocycles. The van der Waals surface area contributed by atoms with Crippen molar-refractivity contribution in [2.75, 3.05) is 18.5 Å². The summed E-state index contributed by atoms with van der Waals surface area (Å²) in [7, 11) is 0. The summed E-state index contributed by atoms with van der Waals surface area (Å²) in [5.41, 5.74) is 3.54. The van der Waals surface area contributed by atoms with Crippen molar-refractivity contribution in [3.05, 3.63) is 102 Å². The number of aliphatic hydroxyl groups excluding tert-OH is 1. The van der Waals surface area contributed by atoms with E-state index < -0.39 is 24.2 Å². The molecule has 0 radical (unpaired) electrons. The Morgan fingerprint density at radius 3 is 2.36 bits per heavy atom. The molecule has 0 spiro atoms. The van der Waals surface area contributed by atoms with Gasteiger partial charge >= 0.3 is 6.09 Å². The van der Waals surface area contributed by atoms with Crippen LogP contribution >= 0.6 is 0 Å². The zero-order chi connectivity index (χ0) is 25.8. The molecule has 0 aliphatic heterocycles. The second-order valence-corrected chi connectivity index (χ2v) is 7.66. The third-order valence-electron chi connectivity index (χ3n) is 4.97. The van der Waals surface area contributed by atoms with Gasteiger partial charge in [0.05, 0.1) is 6.61 Å². The van der Waals surface area contributed by atoms with Gasteiger partial charge in [0.15, 0.2) is 12.2 Å². The van der Waals surface area contributed by atoms with Crippen molar-refractivity contribution in [2.45, 2.75) is 19.1 Å². The van der Waals surface area contributed by atoms with Crippen LogP contribution in [0.3, 0.4) is 0 Å². The van der Waals surface area contributed by atoms with Crippen molar-refractivity contribution in [3.63, 3.8) is 0 Å². The zero-order valence-corrected chi connectivity index (χ0v) is 19.7. The highest BCUT2D eigenvalue weighted by atomic mass is 16.6. The van der Waals surface area contributed by atoms with E-state index in [1.165, 1.54) is 11.6 Å². The quantitative estimate of drug-likeness (QED) is 0.180. The van der Waals surface area contributed by atoms with Crippen LogP contribution in [0.25, 0.3) is 0 Å². The number of anilines is 1. The molecule has 188 valence electrons. The Hall–Kier alpha value is -4.34. The molecule has 36 heavy (non-hydrogen) atoms. The molecule has 0 heterocycles. The number of ether oxygens (including phenoxy) is 3. The van der Waals surface area contributed by atoms with E-state index in [2.05, 4.69) is 5.32 Å². The van der Waals surface area contributed by atoms with Crippen LogP contribution in [0.2, 0.25) is 0 Å². The van der Waals surface area contributed by atoms with Gasteiger partial charge in [-0.1, -0.05) is 54.1 Å². The maximum Gasteiger partial charge on any atom is 0.412 e. The fourth-order valence-corrected chi connectivity index (χ4v) is 3.29. The summed E-state index contributed by atoms with van der Waals surface area (Å²) in [4.78, 5) is 24.7. The lowest BCUT2D eigenvalue weighted by Crippen LogP contribution is -2.30. The number of amides is 2. The van der Waals surface area contributed by atoms with E-state index in [4.69, 9.17) is 19.4 Å². The molecule has 0 bridgehead atoms. The number of aryl methyl sites for hydroxylation is 1. The van der Waals surface area contributed by atoms with Gasteiger partial charge in [-0.25, -0.2) is 10.3 Å². The van der Waals surface area contributed by atoms with Gasteiger partial charge in [0, 0.05) is 17.3 Å². The first-order valence-electron chi connectivity index (χ1n) is 11.2. The van der Waals surface area contributed by atoms with Crippen LogP contribution < -0.4 is 20.3 Å². The highest BCUT2D eigenvalue weighted by Gasteiger charge is 2.30. The number of nitrogens with one attached hydrogen (secondary N) is 2. The summed E-state index contributed by atoms with van der Waals surface area (Å²) in [6.45, 7) is 1.74. The smallest absolute Gasteiger partial charge is 0.412 e. The molecule has 9 heteroatoms. The van der Waals surface area contributed by atoms with E-state index in [9.17, 15) is 14.7 Å². The Bertz CT molecular complexity index is 1150. The SMILES string of the molecule is Cc1ccc(NC(=O)O[C@@H](c2ccccc2OCCO)[C@H](/C=C/C(=O)NO)Oc2ccccc2)cc1. The Morgan fingerprint density at radius 2 is 1.67 bits per heavy atom. The first-order chi connectivity index (χ1) is 17.5. The van der Waals surface area contributed by atoms with Gasteiger partial charge in [-0.15, -0.1) is 0 Å². The molecule has 4 N–H and O–H groups in total. The molecule has 0 aliphatic rings. The van der Waals surface area contributed by atoms with E-state index in [1.807, 2.05) is 25.1 Å². The molecule has 9 nitrogen and oxygen atoms in total. The first-order valence-corrected chi connectivity index (χ1v) is 11.2. The second-order valence-electron chi connectivity index (χ2n) is 7.66. The highest BCUT2D eigenvalue weighted by molar-refractivity contribution is 5.86. The molecule has 3 aromatic carbocycles. The second kappa shape index (κ2) is 13.5. The Labute approximate surface area is 208 Å². The summed E-state index contributed by atoms with van der Waals surface area (Å²) < 4.78 is 17.6. The molecule has 3 rings (SSSR count). The van der Waals surface area contributed by atoms with Gasteiger partial charge in [0.1, 0.15) is 18.1 Å². The van der Waals surface area contributed by atoms with Crippen LogP contribution in [0.5, 0.6) is 11.5 Å². The van der Waals surface area contributed by atoms with Crippen molar-refractivity contribution in [3.8, 4) is 11.5 Å². The Morgan fingerprint density at radius 1 is 0.972 bits per heavy atom. The van der Waals surface area contributed by atoms with Gasteiger partial charge in [-0.05, 0) is 43.3 Å². The van der Waals surface area contributed by atoms with Crippen molar-refractivity contribution >= 4 is 17.7 Å². The van der Waals surface area contributed by atoms with Gasteiger partial charge in [-0.2, -0.15) is 0 Å². The summed E-state index contributed by atoms with van der Waals surface area (Å²) >= 11 is 0. The molecule has 0 unspecified atom stereocenters. The minimum atomic E-state index is -1.09. The predicted octanol–water partition coefficient (Wildman–Crippen LogP) is 4.17. The summed E-state index contributed by atoms with van der Waals surface area (Å²) in [6, 6.07) is 22.8. The topological polar surface area (TPSA) is 126 Å². The monoisotopic (exact) mass is 492 g/mol. The Kier molecular flexibility index (Phi) is 9.87. The highest BCUT2D eigenvalue weighted by Crippen LogP contribution is 2.33. The third kappa shape index (κ3) is 7.86. The number of rotatable bonds is 11. The summed E-state index contributed by atoms with van der Waals surface area (Å²) in [5.74, 6) is 0.0311. The van der Waals surface area contributed by atoms with Crippen molar-refractivity contribution in [1.82, 2.24) is 5.48 Å². The molecule has 2 amide bonds. The van der Waals surface area contributed by atoms with E-state index in [0.717, 1.165) is 11.6 Å². The lowest BCUT2D eigenvalue weighted by molar-refractivity contribution is -0.124. The van der Waals surface area contributed by atoms with Crippen LogP contribution in [0, 0.1) is 6.92 Å². The molecule has 0 aromatic heterocycles. The molecule has 3 aromatic rings. The van der Waals surface area contributed by atoms with Crippen LogP contribution in [0.15, 0.2) is 91.0 Å². The molecule has 2 atom stereocenters. The third-order valence-corrected chi connectivity index (χ3v) is 4.97. The van der Waals surface area contributed by atoms with Gasteiger partial charge in [-0.3, -0.25) is 15.3 Å². The molecule has 0 fully saturated rings. The predicted molar refractivity (Wildman–Crippen MR) is 133 cm³/mol. The number of benzene rings is 3. The number of carbonyl (C=O) groups excluding carboxylic acids is 2. The van der Waals surface area contributed by atoms with E-state index in [-0.39, 0.29) is 13.2 Å². The first kappa shape index (κ1) is 26.3. The number of carbonyl (C=O) groups is 2. The van der Waals surface area contributed by atoms with Crippen LogP contribution in [0.4, 0.5) is 10.5 Å². The fraction of sp³-hybridized carbons (Fsp3) is 0.185. The maximum absolute atomic E-state index is 12.9. The van der Waals surface area contributed by atoms with Crippen molar-refractivity contribution in [1.29, 1.82) is 0 Å². The van der Waals surface area contributed by atoms with E-state index >= 15 is 0 Å². The zero-order valence-electron chi connectivity index (χ0n) is 19.7. The van der Waals surface area contributed by atoms with Crippen molar-refractivity contribution < 1.29 is 34.1 Å². The van der Waals surface area contributed by atoms with Crippen molar-refractivity contribution in [2.24, 2.45) is 0 Å². The molecular formula is C27H28N2O7. The number of hydrogen-bond donors (Lipinski definition) is 4. The Balaban J connectivity index is 1.99. The standard InChI is InChI=1S/C27H28N2O7/c1-19-11-13-20(14-12-19)28-27(32)36-26(22-9-5-6-10-23(22)34-18-17-30)24(15-16-25(31)29-33)35-21-7-3-2-4-8-21/h2-16,24,26,30,33H,17-18H2,1H3,(H,28,32)(H,29,31)/b16-15+/t24-,26-/m0/s1. The molecular weight excluding hydrogens is 464 g/mol. The summed E-state index contributed by atoms with van der Waals surface area (Å²) in [6.07, 6.45) is -0.423.